The predicted octanol–water partition coefficient (Wildman–Crippen LogP) is 19.6. The molecule has 0 aromatic heterocycles. The summed E-state index contributed by atoms with van der Waals surface area (Å²) < 4.78 is 0. The van der Waals surface area contributed by atoms with Gasteiger partial charge in [-0.15, -0.1) is 0 Å². The van der Waals surface area contributed by atoms with Crippen LogP contribution in [0, 0.1) is 0 Å². The van der Waals surface area contributed by atoms with Crippen LogP contribution in [0.3, 0.4) is 0 Å². The van der Waals surface area contributed by atoms with Gasteiger partial charge < -0.3 is 9.80 Å². The average molecular weight is 959 g/mol. The van der Waals surface area contributed by atoms with Gasteiger partial charge in [-0.25, -0.2) is 0 Å². The molecule has 0 bridgehead atoms. The number of para-hydroxylation sites is 4. The van der Waals surface area contributed by atoms with Gasteiger partial charge in [-0.05, 0) is 197 Å². The van der Waals surface area contributed by atoms with E-state index in [4.69, 9.17) is 0 Å². The first-order chi connectivity index (χ1) is 37.0. The Morgan fingerprint density at radius 3 is 1.37 bits per heavy atom. The van der Waals surface area contributed by atoms with Crippen molar-refractivity contribution >= 4 is 66.4 Å². The van der Waals surface area contributed by atoms with Crippen LogP contribution >= 0.6 is 0 Å². The maximum atomic E-state index is 2.53. The van der Waals surface area contributed by atoms with E-state index in [0.717, 1.165) is 37.1 Å². The maximum absolute atomic E-state index is 2.53. The van der Waals surface area contributed by atoms with E-state index in [1.165, 1.54) is 133 Å². The predicted molar refractivity (Wildman–Crippen MR) is 317 cm³/mol. The number of hydrogen-bond acceptors (Lipinski definition) is 2. The van der Waals surface area contributed by atoms with Gasteiger partial charge in [0.15, 0.2) is 0 Å². The molecule has 12 aromatic rings. The third-order valence-corrected chi connectivity index (χ3v) is 17.0. The fraction of sp³-hybridized carbons (Fsp3) is 0.0959. The molecule has 0 unspecified atom stereocenters. The Balaban J connectivity index is 1.04. The first kappa shape index (κ1) is 43.6. The molecule has 0 saturated carbocycles. The lowest BCUT2D eigenvalue weighted by Crippen LogP contribution is -2.14. The summed E-state index contributed by atoms with van der Waals surface area (Å²) >= 11 is 0. The molecule has 15 rings (SSSR count). The molecule has 1 aliphatic carbocycles. The highest BCUT2D eigenvalue weighted by molar-refractivity contribution is 6.25. The number of aryl methyl sites for hydroxylation is 4. The van der Waals surface area contributed by atoms with E-state index in [1.807, 2.05) is 0 Å². The average Bonchev–Trinajstić information content (AvgIpc) is 3.57. The van der Waals surface area contributed by atoms with Crippen LogP contribution in [0.5, 0.6) is 0 Å². The first-order valence-electron chi connectivity index (χ1n) is 26.7. The van der Waals surface area contributed by atoms with E-state index in [9.17, 15) is 0 Å². The van der Waals surface area contributed by atoms with Crippen LogP contribution in [0.4, 0.5) is 34.1 Å². The van der Waals surface area contributed by atoms with Crippen LogP contribution in [0.15, 0.2) is 243 Å². The van der Waals surface area contributed by atoms with E-state index >= 15 is 0 Å². The Labute approximate surface area is 439 Å². The van der Waals surface area contributed by atoms with Crippen LogP contribution in [0.25, 0.3) is 76.8 Å². The second-order valence-corrected chi connectivity index (χ2v) is 21.4. The van der Waals surface area contributed by atoms with Crippen molar-refractivity contribution in [1.29, 1.82) is 0 Å². The smallest absolute Gasteiger partial charge is 0.0493 e. The minimum Gasteiger partial charge on any atom is -0.310 e. The molecule has 0 fully saturated rings. The fourth-order valence-electron chi connectivity index (χ4n) is 13.4. The summed E-state index contributed by atoms with van der Waals surface area (Å²) in [6, 6.07) is 92.0. The van der Waals surface area contributed by atoms with Crippen LogP contribution in [-0.2, 0) is 31.1 Å². The molecule has 12 aromatic carbocycles. The molecule has 0 atom stereocenters. The van der Waals surface area contributed by atoms with Crippen molar-refractivity contribution in [3.05, 3.63) is 276 Å². The topological polar surface area (TPSA) is 6.48 Å². The van der Waals surface area contributed by atoms with Crippen LogP contribution < -0.4 is 9.80 Å². The largest absolute Gasteiger partial charge is 0.310 e. The number of anilines is 6. The highest BCUT2D eigenvalue weighted by atomic mass is 15.2. The Kier molecular flexibility index (Phi) is 9.91. The zero-order chi connectivity index (χ0) is 49.8. The molecule has 2 heterocycles. The van der Waals surface area contributed by atoms with Gasteiger partial charge in [0.25, 0.3) is 0 Å². The van der Waals surface area contributed by atoms with Gasteiger partial charge in [-0.1, -0.05) is 196 Å². The summed E-state index contributed by atoms with van der Waals surface area (Å²) in [4.78, 5) is 5.06. The van der Waals surface area contributed by atoms with Crippen LogP contribution in [0.2, 0.25) is 0 Å². The highest BCUT2D eigenvalue weighted by Crippen LogP contribution is 2.53. The molecule has 2 heteroatoms. The summed E-state index contributed by atoms with van der Waals surface area (Å²) in [6.45, 7) is 4.76. The molecule has 3 aliphatic rings. The normalized spacial score (nSPS) is 14.1. The number of benzene rings is 12. The maximum Gasteiger partial charge on any atom is 0.0493 e. The summed E-state index contributed by atoms with van der Waals surface area (Å²) in [5.41, 5.74) is 25.4. The summed E-state index contributed by atoms with van der Waals surface area (Å²) in [5, 5.41) is 7.38. The van der Waals surface area contributed by atoms with Crippen molar-refractivity contribution in [3.8, 4) is 44.5 Å². The zero-order valence-corrected chi connectivity index (χ0v) is 42.3. The summed E-state index contributed by atoms with van der Waals surface area (Å²) in [6.07, 6.45) is 3.97. The van der Waals surface area contributed by atoms with Crippen LogP contribution in [0.1, 0.15) is 47.2 Å². The fourth-order valence-corrected chi connectivity index (χ4v) is 13.4. The Bertz CT molecular complexity index is 4210. The van der Waals surface area contributed by atoms with Gasteiger partial charge in [-0.3, -0.25) is 0 Å². The van der Waals surface area contributed by atoms with Gasteiger partial charge in [0.05, 0.1) is 0 Å². The monoisotopic (exact) mass is 958 g/mol. The van der Waals surface area contributed by atoms with Gasteiger partial charge in [-0.2, -0.15) is 0 Å². The molecule has 0 spiro atoms. The molecule has 0 amide bonds. The van der Waals surface area contributed by atoms with Crippen molar-refractivity contribution in [1.82, 2.24) is 0 Å². The Morgan fingerprint density at radius 1 is 0.293 bits per heavy atom. The minimum atomic E-state index is -0.101. The van der Waals surface area contributed by atoms with E-state index in [2.05, 4.69) is 266 Å². The van der Waals surface area contributed by atoms with Crippen molar-refractivity contribution in [2.24, 2.45) is 0 Å². The number of nitrogens with zero attached hydrogens (tertiary/aromatic N) is 2. The molecular formula is C73H54N2. The third kappa shape index (κ3) is 6.86. The second kappa shape index (κ2) is 17.0. The van der Waals surface area contributed by atoms with Gasteiger partial charge >= 0.3 is 0 Å². The van der Waals surface area contributed by atoms with Crippen molar-refractivity contribution in [2.45, 2.75) is 44.9 Å². The van der Waals surface area contributed by atoms with E-state index in [0.29, 0.717) is 0 Å². The molecular weight excluding hydrogens is 905 g/mol. The van der Waals surface area contributed by atoms with E-state index in [1.54, 1.807) is 0 Å². The van der Waals surface area contributed by atoms with Gasteiger partial charge in [0, 0.05) is 39.5 Å². The molecule has 0 radical (unpaired) electrons. The quantitative estimate of drug-likeness (QED) is 0.159. The van der Waals surface area contributed by atoms with Crippen molar-refractivity contribution < 1.29 is 0 Å². The molecule has 0 saturated heterocycles. The lowest BCUT2D eigenvalue weighted by molar-refractivity contribution is 0.660. The minimum absolute atomic E-state index is 0.101. The molecule has 356 valence electrons. The van der Waals surface area contributed by atoms with Crippen molar-refractivity contribution in [3.63, 3.8) is 0 Å². The first-order valence-corrected chi connectivity index (χ1v) is 26.7. The van der Waals surface area contributed by atoms with Gasteiger partial charge in [0.1, 0.15) is 0 Å². The Hall–Kier alpha value is -8.98. The lowest BCUT2D eigenvalue weighted by atomic mass is 9.81. The standard InChI is InChI=1S/C73H54N2/c1-73(2)65-28-10-9-26-58(65)59-40-37-53(44-66(59)73)52-23-15-24-54(43-52)71-61-41-38-56(75-69-31-13-6-20-50(69)35-36-51-21-7-14-32-70(51)75)46-64(61)72(60-27-16-22-47-17-3-8-25-57(47)60)62-42-39-55(45-63(62)71)74-67-29-11-4-18-48(67)33-34-49-19-5-12-30-68(49)74/h3-32,37-46H,33-36H2,1-2H3. The SMILES string of the molecule is CC1(C)c2ccccc2-c2ccc(-c3cccc(-c4c5cc(N6c7ccccc7CCc7ccccc76)ccc5c(-c5cccc6ccccc56)c5cc(N6c7ccccc7CCc7ccccc76)ccc45)c3)cc21. The third-order valence-electron chi connectivity index (χ3n) is 17.0. The molecule has 2 aliphatic heterocycles. The molecule has 0 N–H and O–H groups in total. The number of fused-ring (bicyclic) bond motifs is 10. The van der Waals surface area contributed by atoms with E-state index < -0.39 is 0 Å². The number of hydrogen-bond donors (Lipinski definition) is 0. The van der Waals surface area contributed by atoms with E-state index in [-0.39, 0.29) is 5.41 Å². The lowest BCUT2D eigenvalue weighted by Gasteiger charge is -2.29. The second-order valence-electron chi connectivity index (χ2n) is 21.4. The van der Waals surface area contributed by atoms with Gasteiger partial charge in [0.2, 0.25) is 0 Å². The molecule has 2 nitrogen and oxygen atoms in total. The van der Waals surface area contributed by atoms with Crippen molar-refractivity contribution in [2.75, 3.05) is 9.80 Å². The summed E-state index contributed by atoms with van der Waals surface area (Å²) in [7, 11) is 0. The Morgan fingerprint density at radius 2 is 0.747 bits per heavy atom. The zero-order valence-electron chi connectivity index (χ0n) is 42.3. The number of rotatable bonds is 5. The van der Waals surface area contributed by atoms with Crippen LogP contribution in [-0.4, -0.2) is 0 Å². The highest BCUT2D eigenvalue weighted by Gasteiger charge is 2.35. The molecule has 75 heavy (non-hydrogen) atoms. The summed E-state index contributed by atoms with van der Waals surface area (Å²) in [5.74, 6) is 0.